The van der Waals surface area contributed by atoms with Crippen molar-refractivity contribution in [1.29, 1.82) is 0 Å². The fourth-order valence-electron chi connectivity index (χ4n) is 2.83. The van der Waals surface area contributed by atoms with E-state index < -0.39 is 17.3 Å². The fourth-order valence-corrected chi connectivity index (χ4v) is 2.83. The number of hydrogen-bond donors (Lipinski definition) is 2. The zero-order valence-electron chi connectivity index (χ0n) is 12.3. The van der Waals surface area contributed by atoms with Crippen LogP contribution in [0.3, 0.4) is 0 Å². The minimum absolute atomic E-state index is 0.0675. The van der Waals surface area contributed by atoms with E-state index in [0.29, 0.717) is 31.5 Å². The molecule has 0 aromatic carbocycles. The van der Waals surface area contributed by atoms with Gasteiger partial charge in [0.2, 0.25) is 0 Å². The number of nitrogens with one attached hydrogen (secondary N) is 1. The Balaban J connectivity index is 2.27. The number of likely N-dealkylation sites (tertiary alicyclic amines) is 1. The number of carboxylic acids is 1. The van der Waals surface area contributed by atoms with Crippen LogP contribution in [0.25, 0.3) is 0 Å². The number of piperidine rings is 1. The molecule has 0 radical (unpaired) electrons. The summed E-state index contributed by atoms with van der Waals surface area (Å²) in [5.74, 6) is -1.27. The monoisotopic (exact) mass is 292 g/mol. The third-order valence-electron chi connectivity index (χ3n) is 4.28. The van der Waals surface area contributed by atoms with Gasteiger partial charge in [-0.05, 0) is 26.2 Å². The molecule has 2 rings (SSSR count). The number of carboxylic acid groups (broad SMARTS) is 1. The smallest absolute Gasteiger partial charge is 0.311 e. The first kappa shape index (κ1) is 15.3. The predicted octanol–water partition coefficient (Wildman–Crippen LogP) is 1.40. The van der Waals surface area contributed by atoms with Crippen molar-refractivity contribution in [2.24, 2.45) is 5.41 Å². The molecule has 1 amide bonds. The summed E-state index contributed by atoms with van der Waals surface area (Å²) >= 11 is 0. The van der Waals surface area contributed by atoms with Gasteiger partial charge in [0.25, 0.3) is 5.91 Å². The van der Waals surface area contributed by atoms with E-state index in [2.05, 4.69) is 4.98 Å². The molecule has 6 heteroatoms. The molecule has 1 aliphatic rings. The lowest BCUT2D eigenvalue weighted by Crippen LogP contribution is -2.50. The van der Waals surface area contributed by atoms with E-state index in [0.717, 1.165) is 0 Å². The van der Waals surface area contributed by atoms with Crippen molar-refractivity contribution in [3.05, 3.63) is 33.7 Å². The van der Waals surface area contributed by atoms with Crippen LogP contribution in [0.2, 0.25) is 0 Å². The highest BCUT2D eigenvalue weighted by atomic mass is 16.4. The second kappa shape index (κ2) is 5.71. The van der Waals surface area contributed by atoms with Gasteiger partial charge >= 0.3 is 5.97 Å². The second-order valence-corrected chi connectivity index (χ2v) is 5.66. The van der Waals surface area contributed by atoms with E-state index in [1.54, 1.807) is 6.92 Å². The molecular formula is C15H20N2O4. The van der Waals surface area contributed by atoms with Crippen molar-refractivity contribution in [3.8, 4) is 0 Å². The molecule has 1 atom stereocenters. The molecule has 6 nitrogen and oxygen atoms in total. The molecule has 0 aliphatic carbocycles. The van der Waals surface area contributed by atoms with E-state index in [-0.39, 0.29) is 17.5 Å². The molecule has 2 N–H and O–H groups in total. The topological polar surface area (TPSA) is 90.5 Å². The minimum atomic E-state index is -0.897. The van der Waals surface area contributed by atoms with E-state index in [1.807, 2.05) is 6.92 Å². The van der Waals surface area contributed by atoms with E-state index >= 15 is 0 Å². The number of H-pyrrole nitrogens is 1. The normalized spacial score (nSPS) is 22.1. The van der Waals surface area contributed by atoms with Gasteiger partial charge in [0.1, 0.15) is 5.56 Å². The molecule has 1 saturated heterocycles. The van der Waals surface area contributed by atoms with E-state index in [4.69, 9.17) is 0 Å². The average Bonchev–Trinajstić information content (AvgIpc) is 2.46. The Bertz CT molecular complexity index is 622. The summed E-state index contributed by atoms with van der Waals surface area (Å²) in [5, 5.41) is 9.44. The molecule has 0 saturated carbocycles. The Morgan fingerprint density at radius 1 is 1.48 bits per heavy atom. The minimum Gasteiger partial charge on any atom is -0.481 e. The average molecular weight is 292 g/mol. The first-order valence-electron chi connectivity index (χ1n) is 7.11. The third kappa shape index (κ3) is 2.84. The molecule has 0 bridgehead atoms. The fraction of sp³-hybridized carbons (Fsp3) is 0.533. The molecule has 21 heavy (non-hydrogen) atoms. The Hall–Kier alpha value is -2.11. The van der Waals surface area contributed by atoms with Gasteiger partial charge in [-0.25, -0.2) is 0 Å². The Kier molecular flexibility index (Phi) is 4.16. The highest BCUT2D eigenvalue weighted by Crippen LogP contribution is 2.34. The molecule has 0 spiro atoms. The lowest BCUT2D eigenvalue weighted by atomic mass is 9.77. The number of aromatic nitrogens is 1. The zero-order chi connectivity index (χ0) is 15.6. The van der Waals surface area contributed by atoms with Crippen LogP contribution in [0.5, 0.6) is 0 Å². The molecule has 2 heterocycles. The Morgan fingerprint density at radius 2 is 2.19 bits per heavy atom. The van der Waals surface area contributed by atoms with Crippen molar-refractivity contribution in [3.63, 3.8) is 0 Å². The largest absolute Gasteiger partial charge is 0.481 e. The van der Waals surface area contributed by atoms with Gasteiger partial charge in [0.15, 0.2) is 5.43 Å². The van der Waals surface area contributed by atoms with Gasteiger partial charge in [-0.1, -0.05) is 6.92 Å². The number of hydrogen-bond acceptors (Lipinski definition) is 3. The number of carbonyl (C=O) groups is 2. The SMILES string of the molecule is CC[C@@]1(C(=O)O)CCCN(C(=O)c2c[nH]c(C)cc2=O)C1. The van der Waals surface area contributed by atoms with Gasteiger partial charge in [-0.15, -0.1) is 0 Å². The summed E-state index contributed by atoms with van der Waals surface area (Å²) in [7, 11) is 0. The third-order valence-corrected chi connectivity index (χ3v) is 4.28. The summed E-state index contributed by atoms with van der Waals surface area (Å²) in [6.07, 6.45) is 3.07. The molecule has 1 aromatic heterocycles. The molecule has 1 fully saturated rings. The summed E-state index contributed by atoms with van der Waals surface area (Å²) in [4.78, 5) is 40.2. The predicted molar refractivity (Wildman–Crippen MR) is 77.3 cm³/mol. The first-order valence-corrected chi connectivity index (χ1v) is 7.11. The number of aryl methyl sites for hydroxylation is 1. The van der Waals surface area contributed by atoms with Crippen LogP contribution >= 0.6 is 0 Å². The number of aliphatic carboxylic acids is 1. The molecule has 1 aliphatic heterocycles. The molecule has 114 valence electrons. The van der Waals surface area contributed by atoms with E-state index in [1.165, 1.54) is 17.2 Å². The second-order valence-electron chi connectivity index (χ2n) is 5.66. The van der Waals surface area contributed by atoms with Crippen LogP contribution < -0.4 is 5.43 Å². The Morgan fingerprint density at radius 3 is 2.76 bits per heavy atom. The maximum atomic E-state index is 12.5. The van der Waals surface area contributed by atoms with Crippen molar-refractivity contribution >= 4 is 11.9 Å². The number of rotatable bonds is 3. The summed E-state index contributed by atoms with van der Waals surface area (Å²) < 4.78 is 0. The van der Waals surface area contributed by atoms with Crippen molar-refractivity contribution in [2.75, 3.05) is 13.1 Å². The number of carbonyl (C=O) groups excluding carboxylic acids is 1. The lowest BCUT2D eigenvalue weighted by molar-refractivity contribution is -0.152. The van der Waals surface area contributed by atoms with Crippen LogP contribution in [0, 0.1) is 12.3 Å². The van der Waals surface area contributed by atoms with Crippen molar-refractivity contribution < 1.29 is 14.7 Å². The quantitative estimate of drug-likeness (QED) is 0.881. The Labute approximate surface area is 122 Å². The number of nitrogens with zero attached hydrogens (tertiary/aromatic N) is 1. The van der Waals surface area contributed by atoms with Crippen LogP contribution in [-0.4, -0.2) is 40.0 Å². The number of pyridine rings is 1. The van der Waals surface area contributed by atoms with Gasteiger partial charge < -0.3 is 15.0 Å². The van der Waals surface area contributed by atoms with E-state index in [9.17, 15) is 19.5 Å². The van der Waals surface area contributed by atoms with Gasteiger partial charge in [0.05, 0.1) is 5.41 Å². The maximum Gasteiger partial charge on any atom is 0.311 e. The highest BCUT2D eigenvalue weighted by molar-refractivity contribution is 5.94. The highest BCUT2D eigenvalue weighted by Gasteiger charge is 2.42. The van der Waals surface area contributed by atoms with Crippen LogP contribution in [0.4, 0.5) is 0 Å². The number of aromatic amines is 1. The van der Waals surface area contributed by atoms with Crippen LogP contribution in [0.15, 0.2) is 17.1 Å². The van der Waals surface area contributed by atoms with Crippen molar-refractivity contribution in [1.82, 2.24) is 9.88 Å². The lowest BCUT2D eigenvalue weighted by Gasteiger charge is -2.39. The zero-order valence-corrected chi connectivity index (χ0v) is 12.3. The first-order chi connectivity index (χ1) is 9.89. The van der Waals surface area contributed by atoms with Gasteiger partial charge in [-0.3, -0.25) is 14.4 Å². The summed E-state index contributed by atoms with van der Waals surface area (Å²) in [6.45, 7) is 4.20. The van der Waals surface area contributed by atoms with Crippen LogP contribution in [-0.2, 0) is 4.79 Å². The summed E-state index contributed by atoms with van der Waals surface area (Å²) in [6, 6.07) is 1.38. The molecule has 0 unspecified atom stereocenters. The van der Waals surface area contributed by atoms with Gasteiger partial charge in [0, 0.05) is 31.0 Å². The van der Waals surface area contributed by atoms with Crippen LogP contribution in [0.1, 0.15) is 42.2 Å². The van der Waals surface area contributed by atoms with Crippen molar-refractivity contribution in [2.45, 2.75) is 33.1 Å². The maximum absolute atomic E-state index is 12.5. The standard InChI is InChI=1S/C15H20N2O4/c1-3-15(14(20)21)5-4-6-17(9-15)13(19)11-8-16-10(2)7-12(11)18/h7-8H,3-6,9H2,1-2H3,(H,16,18)(H,20,21)/t15-/m1/s1. The molecular weight excluding hydrogens is 272 g/mol. The molecule has 1 aromatic rings. The summed E-state index contributed by atoms with van der Waals surface area (Å²) in [5.41, 5.74) is -0.480. The number of amides is 1. The van der Waals surface area contributed by atoms with Gasteiger partial charge in [-0.2, -0.15) is 0 Å².